The topological polar surface area (TPSA) is 58.5 Å². The quantitative estimate of drug-likeness (QED) is 0.559. The molecule has 0 spiro atoms. The molecule has 0 amide bonds. The van der Waals surface area contributed by atoms with Crippen LogP contribution in [0.25, 0.3) is 0 Å². The van der Waals surface area contributed by atoms with Gasteiger partial charge in [0.25, 0.3) is 0 Å². The van der Waals surface area contributed by atoms with E-state index in [4.69, 9.17) is 11.5 Å². The highest BCUT2D eigenvalue weighted by atomic mass is 15.2. The van der Waals surface area contributed by atoms with Crippen LogP contribution < -0.4 is 11.5 Å². The fourth-order valence-electron chi connectivity index (χ4n) is 1.44. The minimum absolute atomic E-state index is 0.452. The summed E-state index contributed by atoms with van der Waals surface area (Å²) in [5.41, 5.74) is 11.2. The average Bonchev–Trinajstić information content (AvgIpc) is 2.18. The SMILES string of the molecule is CCN(CCCN)CC(CN)N(C)C. The smallest absolute Gasteiger partial charge is 0.0339 e. The van der Waals surface area contributed by atoms with Crippen LogP contribution in [-0.4, -0.2) is 62.7 Å². The lowest BCUT2D eigenvalue weighted by Gasteiger charge is -2.29. The molecule has 0 aliphatic heterocycles. The molecule has 0 radical (unpaired) electrons. The summed E-state index contributed by atoms with van der Waals surface area (Å²) in [6, 6.07) is 0.452. The van der Waals surface area contributed by atoms with Gasteiger partial charge in [0, 0.05) is 19.1 Å². The van der Waals surface area contributed by atoms with Crippen molar-refractivity contribution < 1.29 is 0 Å². The maximum Gasteiger partial charge on any atom is 0.0339 e. The monoisotopic (exact) mass is 202 g/mol. The molecular formula is C10H26N4. The van der Waals surface area contributed by atoms with E-state index in [-0.39, 0.29) is 0 Å². The Morgan fingerprint density at radius 1 is 1.21 bits per heavy atom. The second-order valence-electron chi connectivity index (χ2n) is 3.89. The summed E-state index contributed by atoms with van der Waals surface area (Å²) >= 11 is 0. The predicted molar refractivity (Wildman–Crippen MR) is 62.3 cm³/mol. The van der Waals surface area contributed by atoms with E-state index in [2.05, 4.69) is 30.8 Å². The minimum atomic E-state index is 0.452. The van der Waals surface area contributed by atoms with Crippen LogP contribution >= 0.6 is 0 Å². The summed E-state index contributed by atoms with van der Waals surface area (Å²) in [5, 5.41) is 0. The largest absolute Gasteiger partial charge is 0.330 e. The summed E-state index contributed by atoms with van der Waals surface area (Å²) in [6.07, 6.45) is 1.07. The Hall–Kier alpha value is -0.160. The second-order valence-corrected chi connectivity index (χ2v) is 3.89. The van der Waals surface area contributed by atoms with Gasteiger partial charge in [-0.2, -0.15) is 0 Å². The van der Waals surface area contributed by atoms with Crippen LogP contribution in [0.3, 0.4) is 0 Å². The first-order valence-electron chi connectivity index (χ1n) is 5.44. The molecule has 0 aliphatic carbocycles. The number of rotatable bonds is 8. The normalized spacial score (nSPS) is 13.9. The molecule has 1 unspecified atom stereocenters. The molecular weight excluding hydrogens is 176 g/mol. The van der Waals surface area contributed by atoms with Gasteiger partial charge in [-0.25, -0.2) is 0 Å². The number of hydrogen-bond acceptors (Lipinski definition) is 4. The molecule has 4 N–H and O–H groups in total. The first-order chi connectivity index (χ1) is 6.65. The van der Waals surface area contributed by atoms with E-state index >= 15 is 0 Å². The standard InChI is InChI=1S/C10H26N4/c1-4-14(7-5-6-11)9-10(8-12)13(2)3/h10H,4-9,11-12H2,1-3H3. The molecule has 0 aromatic heterocycles. The Labute approximate surface area is 88.2 Å². The van der Waals surface area contributed by atoms with E-state index < -0.39 is 0 Å². The Morgan fingerprint density at radius 3 is 2.21 bits per heavy atom. The van der Waals surface area contributed by atoms with E-state index in [0.29, 0.717) is 12.6 Å². The fourth-order valence-corrected chi connectivity index (χ4v) is 1.44. The molecule has 0 bridgehead atoms. The van der Waals surface area contributed by atoms with E-state index in [1.165, 1.54) is 0 Å². The summed E-state index contributed by atoms with van der Waals surface area (Å²) in [6.45, 7) is 6.86. The minimum Gasteiger partial charge on any atom is -0.330 e. The van der Waals surface area contributed by atoms with Gasteiger partial charge < -0.3 is 21.3 Å². The van der Waals surface area contributed by atoms with Crippen molar-refractivity contribution in [1.82, 2.24) is 9.80 Å². The summed E-state index contributed by atoms with van der Waals surface area (Å²) in [5.74, 6) is 0. The lowest BCUT2D eigenvalue weighted by Crippen LogP contribution is -2.45. The van der Waals surface area contributed by atoms with E-state index in [0.717, 1.165) is 32.6 Å². The molecule has 0 aromatic rings. The van der Waals surface area contributed by atoms with Gasteiger partial charge in [0.15, 0.2) is 0 Å². The van der Waals surface area contributed by atoms with Crippen molar-refractivity contribution in [3.05, 3.63) is 0 Å². The van der Waals surface area contributed by atoms with Crippen LogP contribution in [0.1, 0.15) is 13.3 Å². The van der Waals surface area contributed by atoms with Gasteiger partial charge in [-0.15, -0.1) is 0 Å². The summed E-state index contributed by atoms with van der Waals surface area (Å²) in [4.78, 5) is 4.59. The first kappa shape index (κ1) is 13.8. The second kappa shape index (κ2) is 8.17. The fraction of sp³-hybridized carbons (Fsp3) is 1.00. The highest BCUT2D eigenvalue weighted by molar-refractivity contribution is 4.72. The highest BCUT2D eigenvalue weighted by Gasteiger charge is 2.12. The third kappa shape index (κ3) is 5.54. The van der Waals surface area contributed by atoms with Crippen molar-refractivity contribution in [2.24, 2.45) is 11.5 Å². The van der Waals surface area contributed by atoms with Gasteiger partial charge in [0.1, 0.15) is 0 Å². The molecule has 4 nitrogen and oxygen atoms in total. The maximum absolute atomic E-state index is 5.71. The van der Waals surface area contributed by atoms with Gasteiger partial charge in [-0.1, -0.05) is 6.92 Å². The van der Waals surface area contributed by atoms with Crippen LogP contribution in [0.2, 0.25) is 0 Å². The molecule has 0 fully saturated rings. The van der Waals surface area contributed by atoms with Gasteiger partial charge in [-0.05, 0) is 40.2 Å². The Kier molecular flexibility index (Phi) is 8.08. The molecule has 0 heterocycles. The molecule has 0 aliphatic rings. The van der Waals surface area contributed by atoms with Gasteiger partial charge in [-0.3, -0.25) is 0 Å². The lowest BCUT2D eigenvalue weighted by atomic mass is 10.2. The third-order valence-electron chi connectivity index (χ3n) is 2.60. The molecule has 0 saturated carbocycles. The van der Waals surface area contributed by atoms with Gasteiger partial charge in [0.05, 0.1) is 0 Å². The van der Waals surface area contributed by atoms with Crippen molar-refractivity contribution in [2.45, 2.75) is 19.4 Å². The molecule has 0 saturated heterocycles. The van der Waals surface area contributed by atoms with Crippen molar-refractivity contribution in [3.63, 3.8) is 0 Å². The van der Waals surface area contributed by atoms with Crippen molar-refractivity contribution in [2.75, 3.05) is 46.8 Å². The van der Waals surface area contributed by atoms with E-state index in [9.17, 15) is 0 Å². The van der Waals surface area contributed by atoms with Crippen molar-refractivity contribution in [1.29, 1.82) is 0 Å². The van der Waals surface area contributed by atoms with Crippen molar-refractivity contribution in [3.8, 4) is 0 Å². The van der Waals surface area contributed by atoms with Crippen LogP contribution in [0.15, 0.2) is 0 Å². The van der Waals surface area contributed by atoms with E-state index in [1.54, 1.807) is 0 Å². The lowest BCUT2D eigenvalue weighted by molar-refractivity contribution is 0.191. The number of nitrogens with zero attached hydrogens (tertiary/aromatic N) is 2. The van der Waals surface area contributed by atoms with Crippen molar-refractivity contribution >= 4 is 0 Å². The number of nitrogens with two attached hydrogens (primary N) is 2. The van der Waals surface area contributed by atoms with Crippen LogP contribution in [0, 0.1) is 0 Å². The van der Waals surface area contributed by atoms with Crippen LogP contribution in [0.5, 0.6) is 0 Å². The molecule has 14 heavy (non-hydrogen) atoms. The van der Waals surface area contributed by atoms with Gasteiger partial charge in [0.2, 0.25) is 0 Å². The Morgan fingerprint density at radius 2 is 1.86 bits per heavy atom. The zero-order valence-electron chi connectivity index (χ0n) is 9.87. The molecule has 0 aromatic carbocycles. The maximum atomic E-state index is 5.71. The van der Waals surface area contributed by atoms with E-state index in [1.807, 2.05) is 0 Å². The Bertz CT molecular complexity index is 127. The molecule has 4 heteroatoms. The first-order valence-corrected chi connectivity index (χ1v) is 5.44. The molecule has 86 valence electrons. The Balaban J connectivity index is 3.87. The average molecular weight is 202 g/mol. The third-order valence-corrected chi connectivity index (χ3v) is 2.60. The summed E-state index contributed by atoms with van der Waals surface area (Å²) < 4.78 is 0. The zero-order chi connectivity index (χ0) is 11.0. The predicted octanol–water partition coefficient (Wildman–Crippen LogP) is -0.454. The highest BCUT2D eigenvalue weighted by Crippen LogP contribution is 1.98. The van der Waals surface area contributed by atoms with Gasteiger partial charge >= 0.3 is 0 Å². The van der Waals surface area contributed by atoms with Crippen LogP contribution in [0.4, 0.5) is 0 Å². The molecule has 1 atom stereocenters. The summed E-state index contributed by atoms with van der Waals surface area (Å²) in [7, 11) is 4.16. The number of likely N-dealkylation sites (N-methyl/N-ethyl adjacent to an activating group) is 2. The molecule has 0 rings (SSSR count). The zero-order valence-corrected chi connectivity index (χ0v) is 9.87. The number of hydrogen-bond donors (Lipinski definition) is 2. The van der Waals surface area contributed by atoms with Crippen LogP contribution in [-0.2, 0) is 0 Å².